The Morgan fingerprint density at radius 1 is 1.43 bits per heavy atom. The lowest BCUT2D eigenvalue weighted by molar-refractivity contribution is -0.117. The fourth-order valence-electron chi connectivity index (χ4n) is 1.26. The van der Waals surface area contributed by atoms with Gasteiger partial charge in [0.05, 0.1) is 0 Å². The second-order valence-electron chi connectivity index (χ2n) is 3.39. The monoisotopic (exact) mass is 192 g/mol. The molecule has 3 N–H and O–H groups in total. The number of nitrogens with two attached hydrogens (primary N) is 1. The first-order valence-corrected chi connectivity index (χ1v) is 4.69. The van der Waals surface area contributed by atoms with Crippen molar-refractivity contribution >= 4 is 11.6 Å². The standard InChI is InChI=1S/C11H16N2O/c1-8-4-3-5-10(9(8)2)13-7-6-11(12)14/h3-5,13H,6-7H2,1-2H3,(H2,12,14). The summed E-state index contributed by atoms with van der Waals surface area (Å²) in [6.07, 6.45) is 0.368. The van der Waals surface area contributed by atoms with Crippen molar-refractivity contribution in [2.75, 3.05) is 11.9 Å². The molecule has 0 radical (unpaired) electrons. The Balaban J connectivity index is 2.59. The average molecular weight is 192 g/mol. The molecule has 0 bridgehead atoms. The van der Waals surface area contributed by atoms with Gasteiger partial charge in [0.2, 0.25) is 5.91 Å². The number of carbonyl (C=O) groups is 1. The molecule has 0 aliphatic heterocycles. The van der Waals surface area contributed by atoms with Gasteiger partial charge in [0.1, 0.15) is 0 Å². The normalized spacial score (nSPS) is 9.86. The highest BCUT2D eigenvalue weighted by atomic mass is 16.1. The number of amides is 1. The molecule has 14 heavy (non-hydrogen) atoms. The molecule has 1 amide bonds. The van der Waals surface area contributed by atoms with Gasteiger partial charge in [-0.3, -0.25) is 4.79 Å². The Morgan fingerprint density at radius 2 is 2.14 bits per heavy atom. The van der Waals surface area contributed by atoms with Gasteiger partial charge in [-0.05, 0) is 31.0 Å². The predicted molar refractivity (Wildman–Crippen MR) is 58.2 cm³/mol. The van der Waals surface area contributed by atoms with Gasteiger partial charge in [-0.2, -0.15) is 0 Å². The maximum absolute atomic E-state index is 10.5. The minimum atomic E-state index is -0.275. The number of carbonyl (C=O) groups excluding carboxylic acids is 1. The van der Waals surface area contributed by atoms with Crippen LogP contribution < -0.4 is 11.1 Å². The van der Waals surface area contributed by atoms with Crippen LogP contribution in [-0.2, 0) is 4.79 Å². The van der Waals surface area contributed by atoms with E-state index in [1.807, 2.05) is 12.1 Å². The van der Waals surface area contributed by atoms with Crippen LogP contribution in [0, 0.1) is 13.8 Å². The summed E-state index contributed by atoms with van der Waals surface area (Å²) >= 11 is 0. The Morgan fingerprint density at radius 3 is 2.79 bits per heavy atom. The zero-order valence-electron chi connectivity index (χ0n) is 8.63. The van der Waals surface area contributed by atoms with Gasteiger partial charge >= 0.3 is 0 Å². The van der Waals surface area contributed by atoms with Crippen LogP contribution in [0.4, 0.5) is 5.69 Å². The molecule has 0 spiro atoms. The average Bonchev–Trinajstić information content (AvgIpc) is 2.12. The SMILES string of the molecule is Cc1cccc(NCCC(N)=O)c1C. The second kappa shape index (κ2) is 4.65. The van der Waals surface area contributed by atoms with E-state index in [-0.39, 0.29) is 5.91 Å². The van der Waals surface area contributed by atoms with Gasteiger partial charge in [0.15, 0.2) is 0 Å². The summed E-state index contributed by atoms with van der Waals surface area (Å²) in [7, 11) is 0. The summed E-state index contributed by atoms with van der Waals surface area (Å²) in [6, 6.07) is 6.06. The smallest absolute Gasteiger partial charge is 0.219 e. The lowest BCUT2D eigenvalue weighted by atomic mass is 10.1. The number of anilines is 1. The molecule has 0 aliphatic carbocycles. The maximum Gasteiger partial charge on any atom is 0.219 e. The lowest BCUT2D eigenvalue weighted by Gasteiger charge is -2.10. The third kappa shape index (κ3) is 2.76. The van der Waals surface area contributed by atoms with Crippen molar-refractivity contribution in [3.05, 3.63) is 29.3 Å². The number of benzene rings is 1. The topological polar surface area (TPSA) is 55.1 Å². The number of hydrogen-bond acceptors (Lipinski definition) is 2. The van der Waals surface area contributed by atoms with Gasteiger partial charge in [-0.15, -0.1) is 0 Å². The van der Waals surface area contributed by atoms with Gasteiger partial charge in [0.25, 0.3) is 0 Å². The van der Waals surface area contributed by atoms with Crippen molar-refractivity contribution in [1.82, 2.24) is 0 Å². The third-order valence-corrected chi connectivity index (χ3v) is 2.29. The zero-order chi connectivity index (χ0) is 10.6. The van der Waals surface area contributed by atoms with E-state index in [1.54, 1.807) is 0 Å². The quantitative estimate of drug-likeness (QED) is 0.761. The highest BCUT2D eigenvalue weighted by Gasteiger charge is 2.00. The first-order chi connectivity index (χ1) is 6.61. The van der Waals surface area contributed by atoms with Gasteiger partial charge < -0.3 is 11.1 Å². The first kappa shape index (κ1) is 10.6. The lowest BCUT2D eigenvalue weighted by Crippen LogP contribution is -2.16. The molecule has 1 rings (SSSR count). The number of hydrogen-bond donors (Lipinski definition) is 2. The van der Waals surface area contributed by atoms with Gasteiger partial charge in [0, 0.05) is 18.7 Å². The van der Waals surface area contributed by atoms with Gasteiger partial charge in [-0.25, -0.2) is 0 Å². The molecule has 0 saturated heterocycles. The fraction of sp³-hybridized carbons (Fsp3) is 0.364. The highest BCUT2D eigenvalue weighted by molar-refractivity contribution is 5.74. The molecule has 0 aromatic heterocycles. The van der Waals surface area contributed by atoms with E-state index < -0.39 is 0 Å². The van der Waals surface area contributed by atoms with Crippen LogP contribution >= 0.6 is 0 Å². The minimum Gasteiger partial charge on any atom is -0.384 e. The Hall–Kier alpha value is -1.51. The molecule has 0 atom stereocenters. The van der Waals surface area contributed by atoms with E-state index in [1.165, 1.54) is 11.1 Å². The Kier molecular flexibility index (Phi) is 3.51. The van der Waals surface area contributed by atoms with Crippen LogP contribution in [0.25, 0.3) is 0 Å². The molecule has 3 heteroatoms. The summed E-state index contributed by atoms with van der Waals surface area (Å²) in [5, 5.41) is 3.18. The predicted octanol–water partition coefficient (Wildman–Crippen LogP) is 1.59. The Bertz CT molecular complexity index is 334. The molecular weight excluding hydrogens is 176 g/mol. The number of primary amides is 1. The molecule has 3 nitrogen and oxygen atoms in total. The van der Waals surface area contributed by atoms with E-state index in [0.29, 0.717) is 13.0 Å². The molecular formula is C11H16N2O. The van der Waals surface area contributed by atoms with E-state index in [4.69, 9.17) is 5.73 Å². The van der Waals surface area contributed by atoms with Crippen molar-refractivity contribution in [1.29, 1.82) is 0 Å². The van der Waals surface area contributed by atoms with Crippen molar-refractivity contribution < 1.29 is 4.79 Å². The summed E-state index contributed by atoms with van der Waals surface area (Å²) in [5.41, 5.74) is 8.58. The number of aryl methyl sites for hydroxylation is 1. The molecule has 1 aromatic rings. The van der Waals surface area contributed by atoms with E-state index >= 15 is 0 Å². The van der Waals surface area contributed by atoms with E-state index in [9.17, 15) is 4.79 Å². The molecule has 0 aliphatic rings. The number of nitrogens with one attached hydrogen (secondary N) is 1. The molecule has 0 heterocycles. The van der Waals surface area contributed by atoms with Crippen molar-refractivity contribution in [2.24, 2.45) is 5.73 Å². The summed E-state index contributed by atoms with van der Waals surface area (Å²) in [4.78, 5) is 10.5. The fourth-order valence-corrected chi connectivity index (χ4v) is 1.26. The molecule has 0 fully saturated rings. The van der Waals surface area contributed by atoms with Crippen LogP contribution in [0.15, 0.2) is 18.2 Å². The highest BCUT2D eigenvalue weighted by Crippen LogP contribution is 2.17. The van der Waals surface area contributed by atoms with Crippen LogP contribution in [-0.4, -0.2) is 12.5 Å². The maximum atomic E-state index is 10.5. The molecule has 76 valence electrons. The van der Waals surface area contributed by atoms with Crippen LogP contribution in [0.5, 0.6) is 0 Å². The summed E-state index contributed by atoms with van der Waals surface area (Å²) in [5.74, 6) is -0.275. The van der Waals surface area contributed by atoms with Crippen molar-refractivity contribution in [3.8, 4) is 0 Å². The largest absolute Gasteiger partial charge is 0.384 e. The zero-order valence-corrected chi connectivity index (χ0v) is 8.63. The van der Waals surface area contributed by atoms with Crippen LogP contribution in [0.1, 0.15) is 17.5 Å². The summed E-state index contributed by atoms with van der Waals surface area (Å²) in [6.45, 7) is 4.72. The second-order valence-corrected chi connectivity index (χ2v) is 3.39. The molecule has 0 saturated carbocycles. The van der Waals surface area contributed by atoms with E-state index in [0.717, 1.165) is 5.69 Å². The minimum absolute atomic E-state index is 0.275. The van der Waals surface area contributed by atoms with Crippen molar-refractivity contribution in [3.63, 3.8) is 0 Å². The van der Waals surface area contributed by atoms with E-state index in [2.05, 4.69) is 25.2 Å². The third-order valence-electron chi connectivity index (χ3n) is 2.29. The van der Waals surface area contributed by atoms with Crippen LogP contribution in [0.2, 0.25) is 0 Å². The first-order valence-electron chi connectivity index (χ1n) is 4.69. The molecule has 0 unspecified atom stereocenters. The molecule has 1 aromatic carbocycles. The van der Waals surface area contributed by atoms with Gasteiger partial charge in [-0.1, -0.05) is 12.1 Å². The Labute approximate surface area is 84.3 Å². The summed E-state index contributed by atoms with van der Waals surface area (Å²) < 4.78 is 0. The number of rotatable bonds is 4. The van der Waals surface area contributed by atoms with Crippen LogP contribution in [0.3, 0.4) is 0 Å². The van der Waals surface area contributed by atoms with Crippen molar-refractivity contribution in [2.45, 2.75) is 20.3 Å².